The Morgan fingerprint density at radius 3 is 2.58 bits per heavy atom. The van der Waals surface area contributed by atoms with E-state index in [0.717, 1.165) is 42.1 Å². The van der Waals surface area contributed by atoms with E-state index in [9.17, 15) is 9.59 Å². The van der Waals surface area contributed by atoms with E-state index in [4.69, 9.17) is 19.2 Å². The predicted octanol–water partition coefficient (Wildman–Crippen LogP) is 5.02. The molecule has 1 atom stereocenters. The minimum atomic E-state index is -0.573. The van der Waals surface area contributed by atoms with Crippen LogP contribution in [0.25, 0.3) is 0 Å². The molecule has 1 aliphatic carbocycles. The minimum absolute atomic E-state index is 0.0651. The van der Waals surface area contributed by atoms with E-state index in [0.29, 0.717) is 22.8 Å². The van der Waals surface area contributed by atoms with Crippen molar-refractivity contribution in [1.82, 2.24) is 9.80 Å². The summed E-state index contributed by atoms with van der Waals surface area (Å²) in [6, 6.07) is 5.31. The number of aliphatic imine (C=N–C) groups is 1. The average molecular weight is 514 g/mol. The summed E-state index contributed by atoms with van der Waals surface area (Å²) < 4.78 is 16.8. The Bertz CT molecular complexity index is 1110. The molecule has 8 nitrogen and oxygen atoms in total. The molecule has 2 heterocycles. The Morgan fingerprint density at radius 2 is 1.92 bits per heavy atom. The number of fused-ring (bicyclic) bond motifs is 1. The molecule has 0 radical (unpaired) electrons. The molecule has 1 amide bonds. The molecular weight excluding hydrogens is 478 g/mol. The first-order chi connectivity index (χ1) is 17.4. The number of ether oxygens (including phenoxy) is 3. The second-order valence-corrected chi connectivity index (χ2v) is 10.0. The van der Waals surface area contributed by atoms with E-state index in [1.165, 1.54) is 18.2 Å². The number of nitrogens with zero attached hydrogens (tertiary/aromatic N) is 3. The number of thioether (sulfide) groups is 1. The molecule has 4 rings (SSSR count). The zero-order valence-electron chi connectivity index (χ0n) is 21.7. The van der Waals surface area contributed by atoms with Gasteiger partial charge in [-0.25, -0.2) is 9.79 Å². The fraction of sp³-hybridized carbons (Fsp3) is 0.519. The highest BCUT2D eigenvalue weighted by atomic mass is 32.2. The molecule has 9 heteroatoms. The third-order valence-electron chi connectivity index (χ3n) is 7.07. The molecule has 1 aromatic carbocycles. The van der Waals surface area contributed by atoms with E-state index < -0.39 is 12.0 Å². The molecule has 0 spiro atoms. The Hall–Kier alpha value is -2.94. The highest BCUT2D eigenvalue weighted by Gasteiger charge is 2.43. The van der Waals surface area contributed by atoms with Crippen LogP contribution in [0.15, 0.2) is 45.6 Å². The van der Waals surface area contributed by atoms with E-state index in [1.807, 2.05) is 47.4 Å². The second-order valence-electron chi connectivity index (χ2n) is 9.17. The van der Waals surface area contributed by atoms with Gasteiger partial charge in [-0.15, -0.1) is 0 Å². The van der Waals surface area contributed by atoms with Crippen LogP contribution >= 0.6 is 11.8 Å². The van der Waals surface area contributed by atoms with Crippen molar-refractivity contribution in [1.29, 1.82) is 0 Å². The Kier molecular flexibility index (Phi) is 8.28. The summed E-state index contributed by atoms with van der Waals surface area (Å²) in [5, 5.41) is 2.69. The maximum absolute atomic E-state index is 13.4. The van der Waals surface area contributed by atoms with Gasteiger partial charge in [-0.2, -0.15) is 0 Å². The molecule has 194 valence electrons. The summed E-state index contributed by atoms with van der Waals surface area (Å²) in [7, 11) is 5.07. The van der Waals surface area contributed by atoms with Gasteiger partial charge in [0.25, 0.3) is 0 Å². The molecule has 1 unspecified atom stereocenters. The van der Waals surface area contributed by atoms with Crippen molar-refractivity contribution in [3.05, 3.63) is 46.1 Å². The third-order valence-corrected chi connectivity index (χ3v) is 7.96. The fourth-order valence-corrected chi connectivity index (χ4v) is 6.18. The monoisotopic (exact) mass is 513 g/mol. The third kappa shape index (κ3) is 4.98. The number of esters is 1. The fourth-order valence-electron chi connectivity index (χ4n) is 5.21. The van der Waals surface area contributed by atoms with Gasteiger partial charge >= 0.3 is 5.97 Å². The van der Waals surface area contributed by atoms with Crippen molar-refractivity contribution in [2.24, 2.45) is 4.99 Å². The maximum atomic E-state index is 13.4. The molecule has 2 aliphatic heterocycles. The van der Waals surface area contributed by atoms with Gasteiger partial charge in [-0.1, -0.05) is 43.2 Å². The molecule has 1 saturated carbocycles. The highest BCUT2D eigenvalue weighted by molar-refractivity contribution is 8.16. The van der Waals surface area contributed by atoms with Crippen LogP contribution in [0.4, 0.5) is 0 Å². The van der Waals surface area contributed by atoms with Gasteiger partial charge in [0, 0.05) is 24.4 Å². The molecule has 0 aromatic heterocycles. The SMILES string of the molecule is CCOC(=O)C1=C(C)N=C2SC=C(CC(=O)N(C)C3CCCCC3)N2C1c1cccc(OC)c1OC. The summed E-state index contributed by atoms with van der Waals surface area (Å²) in [5.74, 6) is 0.720. The summed E-state index contributed by atoms with van der Waals surface area (Å²) in [5.41, 5.74) is 2.56. The van der Waals surface area contributed by atoms with E-state index in [1.54, 1.807) is 21.1 Å². The average Bonchev–Trinajstić information content (AvgIpc) is 3.29. The molecule has 0 N–H and O–H groups in total. The highest BCUT2D eigenvalue weighted by Crippen LogP contribution is 2.48. The topological polar surface area (TPSA) is 80.7 Å². The lowest BCUT2D eigenvalue weighted by Gasteiger charge is -2.37. The maximum Gasteiger partial charge on any atom is 0.338 e. The first kappa shape index (κ1) is 26.1. The summed E-state index contributed by atoms with van der Waals surface area (Å²) in [6.07, 6.45) is 5.87. The lowest BCUT2D eigenvalue weighted by Crippen LogP contribution is -2.41. The second kappa shape index (κ2) is 11.4. The number of amides is 1. The number of allylic oxidation sites excluding steroid dienone is 1. The van der Waals surface area contributed by atoms with E-state index >= 15 is 0 Å². The molecule has 1 aromatic rings. The van der Waals surface area contributed by atoms with Crippen LogP contribution in [0, 0.1) is 0 Å². The van der Waals surface area contributed by atoms with Crippen LogP contribution in [0.1, 0.15) is 64.0 Å². The first-order valence-electron chi connectivity index (χ1n) is 12.5. The number of carbonyl (C=O) groups excluding carboxylic acids is 2. The van der Waals surface area contributed by atoms with Gasteiger partial charge in [0.1, 0.15) is 0 Å². The number of benzene rings is 1. The van der Waals surface area contributed by atoms with Gasteiger partial charge in [0.05, 0.1) is 44.6 Å². The lowest BCUT2D eigenvalue weighted by molar-refractivity contribution is -0.139. The Morgan fingerprint density at radius 1 is 1.17 bits per heavy atom. The number of amidine groups is 1. The number of rotatable bonds is 8. The minimum Gasteiger partial charge on any atom is -0.493 e. The van der Waals surface area contributed by atoms with Crippen LogP contribution in [-0.2, 0) is 14.3 Å². The number of hydrogen-bond donors (Lipinski definition) is 0. The van der Waals surface area contributed by atoms with Crippen molar-refractivity contribution in [3.63, 3.8) is 0 Å². The number of hydrogen-bond acceptors (Lipinski definition) is 8. The van der Waals surface area contributed by atoms with Crippen LogP contribution in [0.5, 0.6) is 11.5 Å². The number of carbonyl (C=O) groups is 2. The van der Waals surface area contributed by atoms with Crippen LogP contribution < -0.4 is 9.47 Å². The van der Waals surface area contributed by atoms with Crippen LogP contribution in [-0.4, -0.2) is 60.8 Å². The Balaban J connectivity index is 1.73. The van der Waals surface area contributed by atoms with Crippen molar-refractivity contribution in [3.8, 4) is 11.5 Å². The predicted molar refractivity (Wildman–Crippen MR) is 141 cm³/mol. The van der Waals surface area contributed by atoms with Gasteiger partial charge in [0.15, 0.2) is 16.7 Å². The van der Waals surface area contributed by atoms with E-state index in [2.05, 4.69) is 0 Å². The molecule has 0 saturated heterocycles. The van der Waals surface area contributed by atoms with Crippen LogP contribution in [0.2, 0.25) is 0 Å². The van der Waals surface area contributed by atoms with Crippen LogP contribution in [0.3, 0.4) is 0 Å². The smallest absolute Gasteiger partial charge is 0.338 e. The normalized spacial score (nSPS) is 19.9. The molecule has 3 aliphatic rings. The number of para-hydroxylation sites is 1. The number of methoxy groups -OCH3 is 2. The van der Waals surface area contributed by atoms with Gasteiger partial charge in [0.2, 0.25) is 5.91 Å². The zero-order valence-corrected chi connectivity index (χ0v) is 22.5. The van der Waals surface area contributed by atoms with Gasteiger partial charge < -0.3 is 24.0 Å². The summed E-state index contributed by atoms with van der Waals surface area (Å²) in [4.78, 5) is 35.2. The van der Waals surface area contributed by atoms with Crippen molar-refractivity contribution >= 4 is 28.8 Å². The largest absolute Gasteiger partial charge is 0.493 e. The summed E-state index contributed by atoms with van der Waals surface area (Å²) in [6.45, 7) is 3.84. The van der Waals surface area contributed by atoms with Crippen molar-refractivity contribution in [2.45, 2.75) is 64.5 Å². The van der Waals surface area contributed by atoms with Crippen molar-refractivity contribution < 1.29 is 23.8 Å². The first-order valence-corrected chi connectivity index (χ1v) is 13.4. The van der Waals surface area contributed by atoms with Crippen molar-refractivity contribution in [2.75, 3.05) is 27.9 Å². The zero-order chi connectivity index (χ0) is 25.8. The van der Waals surface area contributed by atoms with Gasteiger partial charge in [-0.3, -0.25) is 4.79 Å². The standard InChI is InChI=1S/C27H35N3O5S/c1-6-35-26(32)23-17(2)28-27-30(24(23)20-13-10-14-21(33-4)25(20)34-5)19(16-36-27)15-22(31)29(3)18-11-8-7-9-12-18/h10,13-14,16,18,24H,6-9,11-12,15H2,1-5H3. The lowest BCUT2D eigenvalue weighted by atomic mass is 9.92. The van der Waals surface area contributed by atoms with Gasteiger partial charge in [-0.05, 0) is 38.2 Å². The quantitative estimate of drug-likeness (QED) is 0.451. The molecular formula is C27H35N3O5S. The summed E-state index contributed by atoms with van der Waals surface area (Å²) >= 11 is 1.46. The molecule has 1 fully saturated rings. The Labute approximate surface area is 217 Å². The molecule has 36 heavy (non-hydrogen) atoms. The molecule has 0 bridgehead atoms. The van der Waals surface area contributed by atoms with E-state index in [-0.39, 0.29) is 25.0 Å².